The van der Waals surface area contributed by atoms with Crippen LogP contribution in [0.15, 0.2) is 47.0 Å². The predicted molar refractivity (Wildman–Crippen MR) is 111 cm³/mol. The number of carbonyl (C=O) groups is 1. The van der Waals surface area contributed by atoms with Crippen LogP contribution in [0, 0.1) is 12.7 Å². The number of carboxylic acid groups (broad SMARTS) is 1. The van der Waals surface area contributed by atoms with Crippen molar-refractivity contribution in [3.63, 3.8) is 0 Å². The molecular formula is C23H22FN3O3. The fourth-order valence-corrected chi connectivity index (χ4v) is 4.77. The summed E-state index contributed by atoms with van der Waals surface area (Å²) < 4.78 is 18.7. The molecule has 30 heavy (non-hydrogen) atoms. The standard InChI is InChI=1S/C23H22FN3O3/c1-13-20(16-4-2-3-5-18(16)25-13)22(23(28)29)27-10-8-14(9-11-27)21-17-7-6-15(24)12-19(17)30-26-21/h2-7,12,14,22,25H,8-11H2,1H3,(H,28,29). The van der Waals surface area contributed by atoms with Crippen molar-refractivity contribution in [3.05, 3.63) is 65.2 Å². The monoisotopic (exact) mass is 407 g/mol. The second-order valence-electron chi connectivity index (χ2n) is 7.97. The first-order valence-corrected chi connectivity index (χ1v) is 10.1. The van der Waals surface area contributed by atoms with Gasteiger partial charge in [0.2, 0.25) is 0 Å². The topological polar surface area (TPSA) is 82.4 Å². The molecule has 1 aliphatic rings. The van der Waals surface area contributed by atoms with E-state index in [-0.39, 0.29) is 11.7 Å². The molecule has 6 nitrogen and oxygen atoms in total. The van der Waals surface area contributed by atoms with E-state index in [0.29, 0.717) is 18.7 Å². The Morgan fingerprint density at radius 2 is 2.00 bits per heavy atom. The number of piperidine rings is 1. The molecule has 1 fully saturated rings. The first-order chi connectivity index (χ1) is 14.5. The van der Waals surface area contributed by atoms with E-state index in [4.69, 9.17) is 4.52 Å². The smallest absolute Gasteiger partial charge is 0.325 e. The summed E-state index contributed by atoms with van der Waals surface area (Å²) in [6, 6.07) is 11.6. The van der Waals surface area contributed by atoms with Gasteiger partial charge in [0.15, 0.2) is 5.58 Å². The molecule has 2 aromatic heterocycles. The highest BCUT2D eigenvalue weighted by Gasteiger charge is 2.35. The zero-order chi connectivity index (χ0) is 20.8. The number of H-pyrrole nitrogens is 1. The van der Waals surface area contributed by atoms with Gasteiger partial charge in [-0.25, -0.2) is 4.39 Å². The summed E-state index contributed by atoms with van der Waals surface area (Å²) >= 11 is 0. The molecule has 7 heteroatoms. The maximum atomic E-state index is 13.4. The number of aryl methyl sites for hydroxylation is 1. The van der Waals surface area contributed by atoms with Crippen LogP contribution in [0.4, 0.5) is 4.39 Å². The van der Waals surface area contributed by atoms with Crippen molar-refractivity contribution in [2.75, 3.05) is 13.1 Å². The van der Waals surface area contributed by atoms with Crippen LogP contribution in [0.5, 0.6) is 0 Å². The number of para-hydroxylation sites is 1. The molecule has 2 N–H and O–H groups in total. The van der Waals surface area contributed by atoms with Crippen molar-refractivity contribution >= 4 is 27.8 Å². The number of carboxylic acids is 1. The lowest BCUT2D eigenvalue weighted by Gasteiger charge is -2.35. The lowest BCUT2D eigenvalue weighted by atomic mass is 9.89. The predicted octanol–water partition coefficient (Wildman–Crippen LogP) is 4.76. The van der Waals surface area contributed by atoms with E-state index >= 15 is 0 Å². The number of hydrogen-bond acceptors (Lipinski definition) is 4. The van der Waals surface area contributed by atoms with E-state index in [2.05, 4.69) is 10.1 Å². The first-order valence-electron chi connectivity index (χ1n) is 10.1. The van der Waals surface area contributed by atoms with Crippen molar-refractivity contribution in [2.24, 2.45) is 0 Å². The number of aromatic nitrogens is 2. The Labute approximate surface area is 172 Å². The average molecular weight is 407 g/mol. The van der Waals surface area contributed by atoms with E-state index in [0.717, 1.165) is 46.1 Å². The molecule has 3 heterocycles. The Morgan fingerprint density at radius 3 is 2.77 bits per heavy atom. The number of halogens is 1. The average Bonchev–Trinajstić information content (AvgIpc) is 3.29. The van der Waals surface area contributed by atoms with E-state index in [1.54, 1.807) is 6.07 Å². The van der Waals surface area contributed by atoms with Crippen LogP contribution in [-0.2, 0) is 4.79 Å². The summed E-state index contributed by atoms with van der Waals surface area (Å²) in [4.78, 5) is 17.6. The minimum absolute atomic E-state index is 0.159. The summed E-state index contributed by atoms with van der Waals surface area (Å²) in [6.45, 7) is 3.20. The summed E-state index contributed by atoms with van der Waals surface area (Å²) in [5.74, 6) is -1.03. The van der Waals surface area contributed by atoms with Gasteiger partial charge in [-0.15, -0.1) is 0 Å². The normalized spacial score (nSPS) is 17.0. The molecule has 2 aromatic carbocycles. The number of hydrogen-bond donors (Lipinski definition) is 2. The van der Waals surface area contributed by atoms with E-state index in [9.17, 15) is 14.3 Å². The van der Waals surface area contributed by atoms with Crippen LogP contribution in [-0.4, -0.2) is 39.2 Å². The number of aromatic amines is 1. The summed E-state index contributed by atoms with van der Waals surface area (Å²) in [5.41, 5.74) is 3.95. The van der Waals surface area contributed by atoms with Crippen molar-refractivity contribution < 1.29 is 18.8 Å². The minimum Gasteiger partial charge on any atom is -0.480 e. The molecule has 0 spiro atoms. The Bertz CT molecular complexity index is 1240. The molecule has 0 amide bonds. The first kappa shape index (κ1) is 18.8. The molecule has 0 saturated carbocycles. The number of benzene rings is 2. The number of likely N-dealkylation sites (tertiary alicyclic amines) is 1. The highest BCUT2D eigenvalue weighted by Crippen LogP contribution is 2.38. The molecule has 4 aromatic rings. The van der Waals surface area contributed by atoms with E-state index < -0.39 is 12.0 Å². The fraction of sp³-hybridized carbons (Fsp3) is 0.304. The maximum absolute atomic E-state index is 13.4. The Morgan fingerprint density at radius 1 is 1.23 bits per heavy atom. The number of aliphatic carboxylic acids is 1. The molecule has 1 saturated heterocycles. The van der Waals surface area contributed by atoms with Crippen LogP contribution >= 0.6 is 0 Å². The molecule has 5 rings (SSSR count). The summed E-state index contributed by atoms with van der Waals surface area (Å²) in [6.07, 6.45) is 1.54. The van der Waals surface area contributed by atoms with Crippen molar-refractivity contribution in [2.45, 2.75) is 31.7 Å². The van der Waals surface area contributed by atoms with E-state index in [1.807, 2.05) is 36.1 Å². The number of nitrogens with one attached hydrogen (secondary N) is 1. The fourth-order valence-electron chi connectivity index (χ4n) is 4.77. The molecule has 1 unspecified atom stereocenters. The van der Waals surface area contributed by atoms with Crippen molar-refractivity contribution in [1.29, 1.82) is 0 Å². The third-order valence-electron chi connectivity index (χ3n) is 6.19. The molecule has 0 aliphatic carbocycles. The second-order valence-corrected chi connectivity index (χ2v) is 7.97. The van der Waals surface area contributed by atoms with Gasteiger partial charge >= 0.3 is 5.97 Å². The Hall–Kier alpha value is -3.19. The Kier molecular flexibility index (Phi) is 4.55. The van der Waals surface area contributed by atoms with Crippen molar-refractivity contribution in [1.82, 2.24) is 15.0 Å². The van der Waals surface area contributed by atoms with E-state index in [1.165, 1.54) is 12.1 Å². The third-order valence-corrected chi connectivity index (χ3v) is 6.19. The second kappa shape index (κ2) is 7.25. The van der Waals surface area contributed by atoms with Crippen molar-refractivity contribution in [3.8, 4) is 0 Å². The number of nitrogens with zero attached hydrogens (tertiary/aromatic N) is 2. The summed E-state index contributed by atoms with van der Waals surface area (Å²) in [7, 11) is 0. The molecular weight excluding hydrogens is 385 g/mol. The largest absolute Gasteiger partial charge is 0.480 e. The van der Waals surface area contributed by atoms with Gasteiger partial charge < -0.3 is 14.6 Å². The van der Waals surface area contributed by atoms with Gasteiger partial charge in [0.1, 0.15) is 11.9 Å². The van der Waals surface area contributed by atoms with Gasteiger partial charge in [-0.3, -0.25) is 9.69 Å². The van der Waals surface area contributed by atoms with Crippen LogP contribution in [0.3, 0.4) is 0 Å². The SMILES string of the molecule is Cc1[nH]c2ccccc2c1C(C(=O)O)N1CCC(c2noc3cc(F)ccc23)CC1. The van der Waals surface area contributed by atoms with Gasteiger partial charge in [0, 0.05) is 39.5 Å². The lowest BCUT2D eigenvalue weighted by molar-refractivity contribution is -0.144. The third kappa shape index (κ3) is 3.06. The molecule has 1 aliphatic heterocycles. The van der Waals surface area contributed by atoms with Gasteiger partial charge in [-0.05, 0) is 51.1 Å². The summed E-state index contributed by atoms with van der Waals surface area (Å²) in [5, 5.41) is 16.1. The zero-order valence-electron chi connectivity index (χ0n) is 16.6. The molecule has 1 atom stereocenters. The van der Waals surface area contributed by atoms with Crippen LogP contribution in [0.2, 0.25) is 0 Å². The zero-order valence-corrected chi connectivity index (χ0v) is 16.6. The van der Waals surface area contributed by atoms with Gasteiger partial charge in [0.05, 0.1) is 5.69 Å². The van der Waals surface area contributed by atoms with Gasteiger partial charge in [-0.2, -0.15) is 0 Å². The quantitative estimate of drug-likeness (QED) is 0.510. The van der Waals surface area contributed by atoms with Crippen LogP contribution in [0.25, 0.3) is 21.9 Å². The molecule has 154 valence electrons. The minimum atomic E-state index is -0.844. The molecule has 0 bridgehead atoms. The van der Waals surface area contributed by atoms with Gasteiger partial charge in [0.25, 0.3) is 0 Å². The van der Waals surface area contributed by atoms with Crippen LogP contribution in [0.1, 0.15) is 41.8 Å². The Balaban J connectivity index is 1.41. The maximum Gasteiger partial charge on any atom is 0.325 e. The number of rotatable bonds is 4. The highest BCUT2D eigenvalue weighted by molar-refractivity contribution is 5.90. The number of fused-ring (bicyclic) bond motifs is 2. The highest BCUT2D eigenvalue weighted by atomic mass is 19.1. The van der Waals surface area contributed by atoms with Gasteiger partial charge in [-0.1, -0.05) is 23.4 Å². The molecule has 0 radical (unpaired) electrons. The van der Waals surface area contributed by atoms with Crippen LogP contribution < -0.4 is 0 Å². The lowest BCUT2D eigenvalue weighted by Crippen LogP contribution is -2.40.